The smallest absolute Gasteiger partial charge is 0.438 e. The van der Waals surface area contributed by atoms with Gasteiger partial charge in [-0.3, -0.25) is 4.21 Å². The lowest BCUT2D eigenvalue weighted by Crippen LogP contribution is -2.44. The second-order valence-corrected chi connectivity index (χ2v) is 13.1. The molecule has 0 aromatic carbocycles. The van der Waals surface area contributed by atoms with E-state index in [2.05, 4.69) is 0 Å². The molecule has 0 aliphatic carbocycles. The second kappa shape index (κ2) is 8.47. The minimum absolute atomic E-state index is 0.734. The normalized spacial score (nSPS) is 16.8. The Hall–Kier alpha value is -0.513. The van der Waals surface area contributed by atoms with Gasteiger partial charge in [-0.15, -0.1) is 3.77 Å². The number of hydrogen-bond donors (Lipinski definition) is 0. The maximum atomic E-state index is 12.8. The van der Waals surface area contributed by atoms with E-state index in [4.69, 9.17) is 13.3 Å². The molecule has 0 aromatic heterocycles. The van der Waals surface area contributed by atoms with E-state index in [0.29, 0.717) is 0 Å². The van der Waals surface area contributed by atoms with Crippen LogP contribution in [0.2, 0.25) is 6.04 Å². The predicted molar refractivity (Wildman–Crippen MR) is 80.3 cm³/mol. The van der Waals surface area contributed by atoms with Crippen LogP contribution < -0.4 is 0 Å². The van der Waals surface area contributed by atoms with Crippen LogP contribution in [0.3, 0.4) is 0 Å². The summed E-state index contributed by atoms with van der Waals surface area (Å²) in [5.41, 5.74) is -12.7. The molecule has 164 valence electrons. The molecular weight excluding hydrogens is 478 g/mol. The second-order valence-electron chi connectivity index (χ2n) is 4.34. The standard InChI is InChI=1S/C7H13F6N2O8S3Si/c1-21-27(22-2,23-3)5-4-24(16,17)14-25(18,6(8,9)10)15-26(19,20)7(11,12)13/h4-5H2,1-3H3/q-1. The summed E-state index contributed by atoms with van der Waals surface area (Å²) in [5, 5.41) is 0. The van der Waals surface area contributed by atoms with E-state index in [0.717, 1.165) is 21.3 Å². The molecule has 0 rings (SSSR count). The largest absolute Gasteiger partial charge is 0.501 e. The average molecular weight is 491 g/mol. The van der Waals surface area contributed by atoms with E-state index in [-0.39, 0.29) is 0 Å². The van der Waals surface area contributed by atoms with E-state index in [9.17, 15) is 47.4 Å². The van der Waals surface area contributed by atoms with Crippen molar-refractivity contribution < 1.29 is 60.7 Å². The fourth-order valence-electron chi connectivity index (χ4n) is 1.27. The van der Waals surface area contributed by atoms with Crippen molar-refractivity contribution in [2.24, 2.45) is 3.77 Å². The van der Waals surface area contributed by atoms with Gasteiger partial charge in [0.05, 0.1) is 15.7 Å². The quantitative estimate of drug-likeness (QED) is 0.348. The highest BCUT2D eigenvalue weighted by Crippen LogP contribution is 2.38. The van der Waals surface area contributed by atoms with Crippen molar-refractivity contribution in [3.8, 4) is 0 Å². The number of nitrogens with zero attached hydrogens (tertiary/aromatic N) is 2. The Morgan fingerprint density at radius 3 is 1.56 bits per heavy atom. The molecule has 0 fully saturated rings. The molecule has 0 aliphatic heterocycles. The van der Waals surface area contributed by atoms with Gasteiger partial charge in [-0.25, -0.2) is 16.8 Å². The highest BCUT2D eigenvalue weighted by Gasteiger charge is 2.47. The molecule has 0 bridgehead atoms. The molecule has 0 heterocycles. The lowest BCUT2D eigenvalue weighted by atomic mass is 11.0. The van der Waals surface area contributed by atoms with E-state index in [1.54, 1.807) is 3.77 Å². The van der Waals surface area contributed by atoms with Gasteiger partial charge in [0, 0.05) is 27.4 Å². The van der Waals surface area contributed by atoms with E-state index < -0.39 is 61.6 Å². The van der Waals surface area contributed by atoms with Gasteiger partial charge in [0.15, 0.2) is 10.0 Å². The van der Waals surface area contributed by atoms with E-state index >= 15 is 0 Å². The third kappa shape index (κ3) is 6.80. The van der Waals surface area contributed by atoms with Crippen LogP contribution in [0.25, 0.3) is 4.13 Å². The summed E-state index contributed by atoms with van der Waals surface area (Å²) in [5.74, 6) is -1.37. The molecule has 0 aliphatic rings. The van der Waals surface area contributed by atoms with Crippen LogP contribution in [0.15, 0.2) is 3.77 Å². The fraction of sp³-hybridized carbons (Fsp3) is 1.00. The number of halogens is 6. The van der Waals surface area contributed by atoms with Gasteiger partial charge in [0.1, 0.15) is 0 Å². The Morgan fingerprint density at radius 1 is 0.852 bits per heavy atom. The van der Waals surface area contributed by atoms with Crippen molar-refractivity contribution in [2.75, 3.05) is 27.1 Å². The SMILES string of the molecule is CO[Si](CCS(=O)(=O)N=S(=O)([N-]S(=O)(=O)C(F)(F)F)C(F)(F)F)(OC)OC. The summed E-state index contributed by atoms with van der Waals surface area (Å²) >= 11 is 0. The molecule has 1 unspecified atom stereocenters. The molecular formula is C7H13F6N2O8S3Si-. The molecule has 0 saturated heterocycles. The number of sulfonamides is 2. The zero-order valence-corrected chi connectivity index (χ0v) is 17.0. The lowest BCUT2D eigenvalue weighted by molar-refractivity contribution is -0.0432. The van der Waals surface area contributed by atoms with Crippen molar-refractivity contribution in [1.29, 1.82) is 0 Å². The Balaban J connectivity index is 6.12. The molecule has 0 aromatic rings. The maximum Gasteiger partial charge on any atom is 0.501 e. The van der Waals surface area contributed by atoms with Crippen molar-refractivity contribution in [3.63, 3.8) is 0 Å². The van der Waals surface area contributed by atoms with E-state index in [1.165, 1.54) is 4.13 Å². The van der Waals surface area contributed by atoms with Gasteiger partial charge in [0.2, 0.25) is 0 Å². The summed E-state index contributed by atoms with van der Waals surface area (Å²) in [6.07, 6.45) is 0. The Kier molecular flexibility index (Phi) is 8.31. The highest BCUT2D eigenvalue weighted by atomic mass is 32.3. The molecule has 0 N–H and O–H groups in total. The third-order valence-corrected chi connectivity index (χ3v) is 10.9. The molecule has 20 heteroatoms. The first kappa shape index (κ1) is 26.5. The minimum atomic E-state index is -6.96. The summed E-state index contributed by atoms with van der Waals surface area (Å²) in [7, 11) is -19.7. The summed E-state index contributed by atoms with van der Waals surface area (Å²) < 4.78 is 149. The molecule has 0 spiro atoms. The molecule has 27 heavy (non-hydrogen) atoms. The summed E-state index contributed by atoms with van der Waals surface area (Å²) in [4.78, 5) is 0. The van der Waals surface area contributed by atoms with Gasteiger partial charge < -0.3 is 17.4 Å². The predicted octanol–water partition coefficient (Wildman–Crippen LogP) is 1.32. The van der Waals surface area contributed by atoms with Crippen LogP contribution >= 0.6 is 0 Å². The first-order valence-corrected chi connectivity index (χ1v) is 12.5. The van der Waals surface area contributed by atoms with Gasteiger partial charge in [-0.05, 0) is 0 Å². The number of rotatable bonds is 9. The zero-order chi connectivity index (χ0) is 21.9. The Labute approximate surface area is 151 Å². The topological polar surface area (TPSA) is 139 Å². The van der Waals surface area contributed by atoms with Gasteiger partial charge >= 0.3 is 19.8 Å². The molecule has 0 radical (unpaired) electrons. The van der Waals surface area contributed by atoms with Crippen molar-refractivity contribution in [1.82, 2.24) is 0 Å². The fourth-order valence-corrected chi connectivity index (χ4v) is 8.38. The van der Waals surface area contributed by atoms with Crippen LogP contribution in [0, 0.1) is 0 Å². The van der Waals surface area contributed by atoms with Crippen LogP contribution in [-0.2, 0) is 43.2 Å². The van der Waals surface area contributed by atoms with Crippen molar-refractivity contribution >= 4 is 38.8 Å². The van der Waals surface area contributed by atoms with Crippen LogP contribution in [-0.4, -0.2) is 67.9 Å². The van der Waals surface area contributed by atoms with Crippen molar-refractivity contribution in [3.05, 3.63) is 4.13 Å². The Morgan fingerprint density at radius 2 is 1.26 bits per heavy atom. The van der Waals surface area contributed by atoms with E-state index in [1.807, 2.05) is 0 Å². The summed E-state index contributed by atoms with van der Waals surface area (Å²) in [6.45, 7) is 0. The lowest BCUT2D eigenvalue weighted by Gasteiger charge is -2.27. The molecule has 0 saturated carbocycles. The molecule has 10 nitrogen and oxygen atoms in total. The van der Waals surface area contributed by atoms with Crippen LogP contribution in [0.4, 0.5) is 26.3 Å². The van der Waals surface area contributed by atoms with Crippen LogP contribution in [0.5, 0.6) is 0 Å². The van der Waals surface area contributed by atoms with Crippen LogP contribution in [0.1, 0.15) is 0 Å². The monoisotopic (exact) mass is 491 g/mol. The first-order valence-electron chi connectivity index (χ1n) is 6.09. The third-order valence-electron chi connectivity index (χ3n) is 2.61. The highest BCUT2D eigenvalue weighted by molar-refractivity contribution is 8.16. The van der Waals surface area contributed by atoms with Gasteiger partial charge in [-0.1, -0.05) is 0 Å². The molecule has 1 atom stereocenters. The van der Waals surface area contributed by atoms with Gasteiger partial charge in [0.25, 0.3) is 10.0 Å². The number of alkyl halides is 6. The Bertz CT molecular complexity index is 832. The van der Waals surface area contributed by atoms with Gasteiger partial charge in [-0.2, -0.15) is 26.3 Å². The zero-order valence-electron chi connectivity index (χ0n) is 13.6. The maximum absolute atomic E-state index is 12.8. The molecule has 0 amide bonds. The summed E-state index contributed by atoms with van der Waals surface area (Å²) in [6, 6.07) is -0.734. The van der Waals surface area contributed by atoms with Crippen molar-refractivity contribution in [2.45, 2.75) is 17.1 Å². The average Bonchev–Trinajstić information content (AvgIpc) is 2.45. The first-order chi connectivity index (χ1) is 11.8. The minimum Gasteiger partial charge on any atom is -0.438 e. The number of hydrogen-bond acceptors (Lipinski definition) is 8.